The minimum Gasteiger partial charge on any atom is -0.464 e. The Hall–Kier alpha value is -0.930. The van der Waals surface area contributed by atoms with Crippen molar-refractivity contribution in [2.75, 3.05) is 6.61 Å². The molecule has 0 radical (unpaired) electrons. The van der Waals surface area contributed by atoms with Gasteiger partial charge in [0.2, 0.25) is 0 Å². The summed E-state index contributed by atoms with van der Waals surface area (Å²) >= 11 is 0. The van der Waals surface area contributed by atoms with Gasteiger partial charge in [0.15, 0.2) is 6.04 Å². The number of hydrogen-bond acceptors (Lipinski definition) is 4. The van der Waals surface area contributed by atoms with Crippen molar-refractivity contribution < 1.29 is 9.53 Å². The van der Waals surface area contributed by atoms with Crippen LogP contribution in [0.5, 0.6) is 0 Å². The second-order valence-corrected chi connectivity index (χ2v) is 1.78. The van der Waals surface area contributed by atoms with Gasteiger partial charge in [0.05, 0.1) is 6.61 Å². The number of nitrogens with zero attached hydrogens (tertiary/aromatic N) is 1. The fourth-order valence-electron chi connectivity index (χ4n) is 0.523. The number of carbonyl (C=O) groups is 1. The summed E-state index contributed by atoms with van der Waals surface area (Å²) in [6, 6.07) is -0.819. The van der Waals surface area contributed by atoms with Gasteiger partial charge in [-0.05, 0) is 13.3 Å². The van der Waals surface area contributed by atoms with Gasteiger partial charge in [0, 0.05) is 0 Å². The smallest absolute Gasteiger partial charge is 0.334 e. The van der Waals surface area contributed by atoms with Crippen molar-refractivity contribution in [1.82, 2.24) is 0 Å². The molecule has 0 aliphatic rings. The predicted octanol–water partition coefficient (Wildman–Crippen LogP) is 1.09. The molecule has 4 heteroatoms. The lowest BCUT2D eigenvalue weighted by atomic mass is 10.2. The largest absolute Gasteiger partial charge is 0.464 e. The molecule has 0 aromatic heterocycles. The Morgan fingerprint density at radius 1 is 1.60 bits per heavy atom. The maximum absolute atomic E-state index is 10.7. The highest BCUT2D eigenvalue weighted by molar-refractivity contribution is 5.75. The zero-order valence-electron chi connectivity index (χ0n) is 6.16. The first kappa shape index (κ1) is 9.07. The zero-order chi connectivity index (χ0) is 7.98. The van der Waals surface area contributed by atoms with Gasteiger partial charge in [0.25, 0.3) is 0 Å². The lowest BCUT2D eigenvalue weighted by Crippen LogP contribution is -2.19. The van der Waals surface area contributed by atoms with Crippen molar-refractivity contribution in [3.8, 4) is 0 Å². The Bertz CT molecular complexity index is 124. The van der Waals surface area contributed by atoms with E-state index in [2.05, 4.69) is 9.91 Å². The van der Waals surface area contributed by atoms with Gasteiger partial charge in [-0.15, -0.1) is 4.91 Å². The molecule has 10 heavy (non-hydrogen) atoms. The SMILES string of the molecule is CCOC(=O)C(CC)N=O. The van der Waals surface area contributed by atoms with Crippen LogP contribution in [0.15, 0.2) is 5.18 Å². The highest BCUT2D eigenvalue weighted by atomic mass is 16.5. The zero-order valence-corrected chi connectivity index (χ0v) is 6.16. The second-order valence-electron chi connectivity index (χ2n) is 1.78. The lowest BCUT2D eigenvalue weighted by Gasteiger charge is -2.03. The highest BCUT2D eigenvalue weighted by Crippen LogP contribution is 1.98. The molecule has 58 valence electrons. The third-order valence-electron chi connectivity index (χ3n) is 1.07. The van der Waals surface area contributed by atoms with Gasteiger partial charge in [0.1, 0.15) is 0 Å². The first-order valence-corrected chi connectivity index (χ1v) is 3.25. The highest BCUT2D eigenvalue weighted by Gasteiger charge is 2.16. The van der Waals surface area contributed by atoms with Crippen molar-refractivity contribution in [2.24, 2.45) is 5.18 Å². The Morgan fingerprint density at radius 3 is 2.50 bits per heavy atom. The second kappa shape index (κ2) is 4.90. The van der Waals surface area contributed by atoms with Crippen LogP contribution in [-0.2, 0) is 9.53 Å². The average molecular weight is 145 g/mol. The van der Waals surface area contributed by atoms with Crippen molar-refractivity contribution in [3.05, 3.63) is 4.91 Å². The number of carbonyl (C=O) groups excluding carboxylic acids is 1. The van der Waals surface area contributed by atoms with Crippen molar-refractivity contribution in [2.45, 2.75) is 26.3 Å². The molecule has 0 aromatic carbocycles. The molecule has 0 heterocycles. The maximum Gasteiger partial charge on any atom is 0.334 e. The van der Waals surface area contributed by atoms with Gasteiger partial charge in [-0.3, -0.25) is 0 Å². The van der Waals surface area contributed by atoms with Crippen LogP contribution >= 0.6 is 0 Å². The molecule has 0 bridgehead atoms. The summed E-state index contributed by atoms with van der Waals surface area (Å²) in [5.74, 6) is -0.528. The van der Waals surface area contributed by atoms with E-state index in [-0.39, 0.29) is 0 Å². The summed E-state index contributed by atoms with van der Waals surface area (Å²) < 4.78 is 4.55. The topological polar surface area (TPSA) is 55.7 Å². The number of esters is 1. The van der Waals surface area contributed by atoms with Gasteiger partial charge < -0.3 is 4.74 Å². The van der Waals surface area contributed by atoms with Crippen molar-refractivity contribution in [1.29, 1.82) is 0 Å². The average Bonchev–Trinajstić information content (AvgIpc) is 1.91. The molecule has 0 rings (SSSR count). The van der Waals surface area contributed by atoms with Crippen LogP contribution in [-0.4, -0.2) is 18.6 Å². The third kappa shape index (κ3) is 2.57. The molecular formula is C6H11NO3. The number of hydrogen-bond donors (Lipinski definition) is 0. The predicted molar refractivity (Wildman–Crippen MR) is 36.5 cm³/mol. The van der Waals surface area contributed by atoms with Crippen LogP contribution in [0, 0.1) is 4.91 Å². The first-order chi connectivity index (χ1) is 4.76. The van der Waals surface area contributed by atoms with E-state index in [9.17, 15) is 9.70 Å². The van der Waals surface area contributed by atoms with Crippen molar-refractivity contribution in [3.63, 3.8) is 0 Å². The standard InChI is InChI=1S/C6H11NO3/c1-3-5(7-9)6(8)10-4-2/h5H,3-4H2,1-2H3. The molecule has 0 aliphatic heterocycles. The summed E-state index contributed by atoms with van der Waals surface area (Å²) in [6.45, 7) is 3.70. The quantitative estimate of drug-likeness (QED) is 0.439. The molecule has 0 N–H and O–H groups in total. The Kier molecular flexibility index (Phi) is 4.45. The molecule has 0 amide bonds. The van der Waals surface area contributed by atoms with E-state index in [0.29, 0.717) is 13.0 Å². The van der Waals surface area contributed by atoms with E-state index >= 15 is 0 Å². The Labute approximate surface area is 59.5 Å². The van der Waals surface area contributed by atoms with Crippen LogP contribution < -0.4 is 0 Å². The first-order valence-electron chi connectivity index (χ1n) is 3.25. The summed E-state index contributed by atoms with van der Waals surface area (Å²) in [5.41, 5.74) is 0. The summed E-state index contributed by atoms with van der Waals surface area (Å²) in [7, 11) is 0. The third-order valence-corrected chi connectivity index (χ3v) is 1.07. The van der Waals surface area contributed by atoms with Crippen LogP contribution in [0.2, 0.25) is 0 Å². The van der Waals surface area contributed by atoms with Crippen LogP contribution in [0.25, 0.3) is 0 Å². The monoisotopic (exact) mass is 145 g/mol. The summed E-state index contributed by atoms with van der Waals surface area (Å²) in [6.07, 6.45) is 0.405. The summed E-state index contributed by atoms with van der Waals surface area (Å²) in [4.78, 5) is 20.6. The molecular weight excluding hydrogens is 134 g/mol. The molecule has 4 nitrogen and oxygen atoms in total. The Balaban J connectivity index is 3.76. The molecule has 0 saturated heterocycles. The molecule has 0 aliphatic carbocycles. The van der Waals surface area contributed by atoms with E-state index in [1.165, 1.54) is 0 Å². The minimum atomic E-state index is -0.819. The number of nitroso groups, excluding NO2 is 1. The van der Waals surface area contributed by atoms with E-state index in [4.69, 9.17) is 0 Å². The molecule has 1 atom stereocenters. The molecule has 0 fully saturated rings. The van der Waals surface area contributed by atoms with Crippen molar-refractivity contribution >= 4 is 5.97 Å². The van der Waals surface area contributed by atoms with E-state index < -0.39 is 12.0 Å². The van der Waals surface area contributed by atoms with Crippen LogP contribution in [0.4, 0.5) is 0 Å². The molecule has 0 spiro atoms. The van der Waals surface area contributed by atoms with Crippen LogP contribution in [0.1, 0.15) is 20.3 Å². The van der Waals surface area contributed by atoms with E-state index in [1.807, 2.05) is 0 Å². The van der Waals surface area contributed by atoms with Gasteiger partial charge >= 0.3 is 5.97 Å². The van der Waals surface area contributed by atoms with Gasteiger partial charge in [-0.1, -0.05) is 12.1 Å². The molecule has 0 aromatic rings. The Morgan fingerprint density at radius 2 is 2.20 bits per heavy atom. The number of ether oxygens (including phenoxy) is 1. The van der Waals surface area contributed by atoms with Crippen LogP contribution in [0.3, 0.4) is 0 Å². The van der Waals surface area contributed by atoms with E-state index in [0.717, 1.165) is 0 Å². The molecule has 0 saturated carbocycles. The molecule has 1 unspecified atom stereocenters. The van der Waals surface area contributed by atoms with Gasteiger partial charge in [-0.25, -0.2) is 4.79 Å². The fraction of sp³-hybridized carbons (Fsp3) is 0.833. The minimum absolute atomic E-state index is 0.296. The lowest BCUT2D eigenvalue weighted by molar-refractivity contribution is -0.144. The normalized spacial score (nSPS) is 12.2. The fourth-order valence-corrected chi connectivity index (χ4v) is 0.523. The van der Waals surface area contributed by atoms with E-state index in [1.54, 1.807) is 13.8 Å². The number of rotatable bonds is 4. The van der Waals surface area contributed by atoms with Gasteiger partial charge in [-0.2, -0.15) is 0 Å². The summed E-state index contributed by atoms with van der Waals surface area (Å²) in [5, 5.41) is 2.60. The maximum atomic E-state index is 10.7.